The van der Waals surface area contributed by atoms with Crippen molar-refractivity contribution >= 4 is 11.6 Å². The van der Waals surface area contributed by atoms with Crippen LogP contribution in [0.3, 0.4) is 0 Å². The lowest BCUT2D eigenvalue weighted by atomic mass is 10.1. The molecule has 3 N–H and O–H groups in total. The molecule has 0 aliphatic heterocycles. The number of nitrogens with zero attached hydrogens (tertiary/aromatic N) is 5. The molecule has 0 radical (unpaired) electrons. The van der Waals surface area contributed by atoms with Crippen molar-refractivity contribution in [3.05, 3.63) is 47.7 Å². The van der Waals surface area contributed by atoms with Gasteiger partial charge in [-0.15, -0.1) is 10.2 Å². The predicted molar refractivity (Wildman–Crippen MR) is 97.5 cm³/mol. The predicted octanol–water partition coefficient (Wildman–Crippen LogP) is 1.45. The first kappa shape index (κ1) is 16.9. The first-order valence-electron chi connectivity index (χ1n) is 8.57. The average Bonchev–Trinajstić information content (AvgIpc) is 3.22. The van der Waals surface area contributed by atoms with E-state index in [9.17, 15) is 0 Å². The van der Waals surface area contributed by atoms with Crippen LogP contribution in [-0.4, -0.2) is 43.8 Å². The molecule has 0 atom stereocenters. The zero-order chi connectivity index (χ0) is 17.5. The Bertz CT molecular complexity index is 832. The normalized spacial score (nSPS) is 11.8. The third-order valence-electron chi connectivity index (χ3n) is 3.96. The molecule has 3 aromatic rings. The number of hydrogen-bond acceptors (Lipinski definition) is 4. The largest absolute Gasteiger partial charge is 0.357 e. The minimum Gasteiger partial charge on any atom is -0.357 e. The van der Waals surface area contributed by atoms with Crippen molar-refractivity contribution in [1.29, 1.82) is 0 Å². The molecular weight excluding hydrogens is 316 g/mol. The summed E-state index contributed by atoms with van der Waals surface area (Å²) in [6, 6.07) is 5.84. The second-order valence-electron chi connectivity index (χ2n) is 5.79. The van der Waals surface area contributed by atoms with Crippen molar-refractivity contribution < 1.29 is 0 Å². The van der Waals surface area contributed by atoms with Gasteiger partial charge in [0, 0.05) is 25.0 Å². The van der Waals surface area contributed by atoms with Crippen LogP contribution in [0, 0.1) is 6.92 Å². The summed E-state index contributed by atoms with van der Waals surface area (Å²) in [5.41, 5.74) is 3.24. The zero-order valence-corrected chi connectivity index (χ0v) is 14.7. The molecule has 3 aromatic heterocycles. The first-order chi connectivity index (χ1) is 12.3. The van der Waals surface area contributed by atoms with Crippen LogP contribution in [0.4, 0.5) is 0 Å². The van der Waals surface area contributed by atoms with Gasteiger partial charge >= 0.3 is 0 Å². The van der Waals surface area contributed by atoms with Crippen LogP contribution in [0.2, 0.25) is 0 Å². The van der Waals surface area contributed by atoms with E-state index in [2.05, 4.69) is 42.9 Å². The van der Waals surface area contributed by atoms with Gasteiger partial charge in [-0.3, -0.25) is 9.50 Å². The topological polar surface area (TPSA) is 95.3 Å². The van der Waals surface area contributed by atoms with Gasteiger partial charge in [-0.25, -0.2) is 4.99 Å². The van der Waals surface area contributed by atoms with Gasteiger partial charge in [-0.05, 0) is 44.4 Å². The molecule has 3 rings (SSSR count). The highest BCUT2D eigenvalue weighted by atomic mass is 15.3. The van der Waals surface area contributed by atoms with Crippen molar-refractivity contribution in [3.63, 3.8) is 0 Å². The Morgan fingerprint density at radius 2 is 2.20 bits per heavy atom. The molecule has 8 nitrogen and oxygen atoms in total. The number of nitrogens with one attached hydrogen (secondary N) is 3. The summed E-state index contributed by atoms with van der Waals surface area (Å²) in [7, 11) is 0. The maximum absolute atomic E-state index is 4.61. The highest BCUT2D eigenvalue weighted by molar-refractivity contribution is 5.79. The van der Waals surface area contributed by atoms with Crippen LogP contribution in [0.15, 0.2) is 35.6 Å². The molecule has 0 aromatic carbocycles. The van der Waals surface area contributed by atoms with E-state index in [1.54, 1.807) is 0 Å². The SMILES string of the molecule is CCNC(=NCc1nnc2ccccn12)NCCCc1cn[nH]c1C. The number of rotatable bonds is 7. The zero-order valence-electron chi connectivity index (χ0n) is 14.7. The van der Waals surface area contributed by atoms with Gasteiger partial charge in [-0.1, -0.05) is 6.07 Å². The summed E-state index contributed by atoms with van der Waals surface area (Å²) in [5, 5.41) is 22.0. The molecule has 8 heteroatoms. The van der Waals surface area contributed by atoms with Crippen molar-refractivity contribution in [2.45, 2.75) is 33.2 Å². The molecule has 0 saturated carbocycles. The Kier molecular flexibility index (Phi) is 5.61. The van der Waals surface area contributed by atoms with Crippen LogP contribution >= 0.6 is 0 Å². The van der Waals surface area contributed by atoms with Crippen molar-refractivity contribution in [1.82, 2.24) is 35.4 Å². The minimum atomic E-state index is 0.474. The third-order valence-corrected chi connectivity index (χ3v) is 3.96. The number of fused-ring (bicyclic) bond motifs is 1. The molecule has 0 fully saturated rings. The highest BCUT2D eigenvalue weighted by Crippen LogP contribution is 2.05. The summed E-state index contributed by atoms with van der Waals surface area (Å²) < 4.78 is 1.95. The third kappa shape index (κ3) is 4.34. The van der Waals surface area contributed by atoms with Gasteiger partial charge in [0.05, 0.1) is 6.20 Å². The number of aryl methyl sites for hydroxylation is 2. The quantitative estimate of drug-likeness (QED) is 0.344. The van der Waals surface area contributed by atoms with E-state index >= 15 is 0 Å². The Morgan fingerprint density at radius 3 is 3.00 bits per heavy atom. The second kappa shape index (κ2) is 8.27. The lowest BCUT2D eigenvalue weighted by Gasteiger charge is -2.10. The summed E-state index contributed by atoms with van der Waals surface area (Å²) in [6.45, 7) is 6.23. The Hall–Kier alpha value is -2.90. The van der Waals surface area contributed by atoms with Crippen LogP contribution in [0.25, 0.3) is 5.65 Å². The van der Waals surface area contributed by atoms with Gasteiger partial charge in [0.1, 0.15) is 6.54 Å². The maximum atomic E-state index is 4.61. The molecule has 132 valence electrons. The fourth-order valence-electron chi connectivity index (χ4n) is 2.60. The molecule has 0 aliphatic carbocycles. The van der Waals surface area contributed by atoms with Crippen LogP contribution < -0.4 is 10.6 Å². The van der Waals surface area contributed by atoms with Crippen LogP contribution in [0.5, 0.6) is 0 Å². The lowest BCUT2D eigenvalue weighted by Crippen LogP contribution is -2.37. The molecular formula is C17H24N8. The van der Waals surface area contributed by atoms with Gasteiger partial charge in [0.15, 0.2) is 17.4 Å². The minimum absolute atomic E-state index is 0.474. The summed E-state index contributed by atoms with van der Waals surface area (Å²) in [5.74, 6) is 1.61. The van der Waals surface area contributed by atoms with E-state index in [0.29, 0.717) is 6.54 Å². The summed E-state index contributed by atoms with van der Waals surface area (Å²) in [4.78, 5) is 4.61. The Morgan fingerprint density at radius 1 is 1.28 bits per heavy atom. The van der Waals surface area contributed by atoms with Crippen LogP contribution in [-0.2, 0) is 13.0 Å². The number of pyridine rings is 1. The number of aliphatic imine (C=N–C) groups is 1. The first-order valence-corrected chi connectivity index (χ1v) is 8.57. The van der Waals surface area contributed by atoms with E-state index in [-0.39, 0.29) is 0 Å². The average molecular weight is 340 g/mol. The Labute approximate surface area is 146 Å². The van der Waals surface area contributed by atoms with E-state index in [1.165, 1.54) is 5.56 Å². The lowest BCUT2D eigenvalue weighted by molar-refractivity contribution is 0.738. The van der Waals surface area contributed by atoms with E-state index in [0.717, 1.165) is 49.1 Å². The van der Waals surface area contributed by atoms with Crippen molar-refractivity contribution in [2.75, 3.05) is 13.1 Å². The molecule has 0 aliphatic rings. The monoisotopic (exact) mass is 340 g/mol. The standard InChI is InChI=1S/C17H24N8/c1-3-18-17(19-9-6-7-14-11-21-22-13(14)2)20-12-16-24-23-15-8-4-5-10-25(15)16/h4-5,8,10-11H,3,6-7,9,12H2,1-2H3,(H,21,22)(H2,18,19,20). The smallest absolute Gasteiger partial charge is 0.191 e. The van der Waals surface area contributed by atoms with E-state index < -0.39 is 0 Å². The van der Waals surface area contributed by atoms with E-state index in [1.807, 2.05) is 41.9 Å². The molecule has 0 amide bonds. The number of hydrogen-bond donors (Lipinski definition) is 3. The van der Waals surface area contributed by atoms with Gasteiger partial charge in [-0.2, -0.15) is 5.10 Å². The molecule has 0 bridgehead atoms. The number of aromatic nitrogens is 5. The summed E-state index contributed by atoms with van der Waals surface area (Å²) >= 11 is 0. The fraction of sp³-hybridized carbons (Fsp3) is 0.412. The number of H-pyrrole nitrogens is 1. The van der Waals surface area contributed by atoms with Gasteiger partial charge < -0.3 is 10.6 Å². The number of aromatic amines is 1. The summed E-state index contributed by atoms with van der Waals surface area (Å²) in [6.07, 6.45) is 5.85. The van der Waals surface area contributed by atoms with Crippen LogP contribution in [0.1, 0.15) is 30.4 Å². The van der Waals surface area contributed by atoms with E-state index in [4.69, 9.17) is 0 Å². The molecule has 3 heterocycles. The molecule has 0 spiro atoms. The van der Waals surface area contributed by atoms with Crippen molar-refractivity contribution in [2.24, 2.45) is 4.99 Å². The maximum Gasteiger partial charge on any atom is 0.191 e. The van der Waals surface area contributed by atoms with Crippen molar-refractivity contribution in [3.8, 4) is 0 Å². The van der Waals surface area contributed by atoms with Gasteiger partial charge in [0.2, 0.25) is 0 Å². The van der Waals surface area contributed by atoms with Gasteiger partial charge in [0.25, 0.3) is 0 Å². The number of guanidine groups is 1. The fourth-order valence-corrected chi connectivity index (χ4v) is 2.60. The highest BCUT2D eigenvalue weighted by Gasteiger charge is 2.05. The molecule has 25 heavy (non-hydrogen) atoms. The molecule has 0 unspecified atom stereocenters. The Balaban J connectivity index is 1.54. The molecule has 0 saturated heterocycles. The second-order valence-corrected chi connectivity index (χ2v) is 5.79.